The van der Waals surface area contributed by atoms with Crippen LogP contribution in [0.5, 0.6) is 0 Å². The van der Waals surface area contributed by atoms with Crippen LogP contribution in [0.4, 0.5) is 0 Å². The molecule has 1 aliphatic heterocycles. The highest BCUT2D eigenvalue weighted by molar-refractivity contribution is 5.86. The fraction of sp³-hybridized carbons (Fsp3) is 0.286. The maximum atomic E-state index is 3.50. The highest BCUT2D eigenvalue weighted by Gasteiger charge is 2.20. The summed E-state index contributed by atoms with van der Waals surface area (Å²) in [6.45, 7) is 3.20. The number of rotatable bonds is 6. The second kappa shape index (κ2) is 14.7. The van der Waals surface area contributed by atoms with Crippen LogP contribution in [0, 0.1) is 0 Å². The Balaban J connectivity index is 0.00000144. The van der Waals surface area contributed by atoms with Crippen molar-refractivity contribution in [3.8, 4) is 0 Å². The Bertz CT molecular complexity index is 1100. The van der Waals surface area contributed by atoms with Gasteiger partial charge in [0.25, 0.3) is 0 Å². The Kier molecular flexibility index (Phi) is 13.1. The average Bonchev–Trinajstić information content (AvgIpc) is 3.18. The lowest BCUT2D eigenvalue weighted by Gasteiger charge is -2.22. The van der Waals surface area contributed by atoms with Crippen molar-refractivity contribution in [2.24, 2.45) is 0 Å². The molecule has 184 valence electrons. The summed E-state index contributed by atoms with van der Waals surface area (Å²) in [5.74, 6) is 0.678. The number of aryl methyl sites for hydroxylation is 2. The molecule has 0 spiro atoms. The summed E-state index contributed by atoms with van der Waals surface area (Å²) in [4.78, 5) is 0. The van der Waals surface area contributed by atoms with Gasteiger partial charge < -0.3 is 9.88 Å². The molecule has 6 heteroatoms. The largest absolute Gasteiger partial charge is 0.343 e. The summed E-state index contributed by atoms with van der Waals surface area (Å²) in [5.41, 5.74) is 7.09. The van der Waals surface area contributed by atoms with Crippen LogP contribution in [-0.4, -0.2) is 17.7 Å². The number of nitrogens with one attached hydrogen (secondary N) is 1. The van der Waals surface area contributed by atoms with Crippen molar-refractivity contribution in [2.75, 3.05) is 13.1 Å². The molecular formula is C28H34Cl4N2. The third-order valence-corrected chi connectivity index (χ3v) is 6.52. The first-order chi connectivity index (χ1) is 14.9. The molecule has 2 heterocycles. The zero-order valence-corrected chi connectivity index (χ0v) is 22.5. The van der Waals surface area contributed by atoms with Gasteiger partial charge in [0.2, 0.25) is 0 Å². The molecule has 0 unspecified atom stereocenters. The Labute approximate surface area is 228 Å². The lowest BCUT2D eigenvalue weighted by Crippen LogP contribution is -2.26. The zero-order valence-electron chi connectivity index (χ0n) is 19.2. The molecule has 1 aliphatic rings. The summed E-state index contributed by atoms with van der Waals surface area (Å²) in [7, 11) is 0. The number of hydrogen-bond donors (Lipinski definition) is 1. The zero-order chi connectivity index (χ0) is 20.2. The summed E-state index contributed by atoms with van der Waals surface area (Å²) >= 11 is 0. The Morgan fingerprint density at radius 2 is 1.21 bits per heavy atom. The predicted molar refractivity (Wildman–Crippen MR) is 155 cm³/mol. The molecule has 1 fully saturated rings. The molecule has 0 aliphatic carbocycles. The number of hydrogen-bond acceptors (Lipinski definition) is 1. The quantitative estimate of drug-likeness (QED) is 0.266. The van der Waals surface area contributed by atoms with Crippen LogP contribution in [-0.2, 0) is 19.4 Å². The maximum absolute atomic E-state index is 3.50. The minimum Gasteiger partial charge on any atom is -0.343 e. The van der Waals surface area contributed by atoms with E-state index in [0.717, 1.165) is 32.5 Å². The van der Waals surface area contributed by atoms with E-state index in [1.165, 1.54) is 46.0 Å². The van der Waals surface area contributed by atoms with Gasteiger partial charge in [-0.1, -0.05) is 72.8 Å². The number of halogens is 4. The van der Waals surface area contributed by atoms with Gasteiger partial charge in [-0.25, -0.2) is 0 Å². The van der Waals surface area contributed by atoms with E-state index in [0.29, 0.717) is 5.92 Å². The van der Waals surface area contributed by atoms with E-state index in [4.69, 9.17) is 0 Å². The molecule has 1 saturated heterocycles. The van der Waals surface area contributed by atoms with Gasteiger partial charge in [0, 0.05) is 23.6 Å². The van der Waals surface area contributed by atoms with Gasteiger partial charge >= 0.3 is 0 Å². The first kappa shape index (κ1) is 30.4. The fourth-order valence-electron chi connectivity index (χ4n) is 4.81. The summed E-state index contributed by atoms with van der Waals surface area (Å²) in [6, 6.07) is 28.9. The lowest BCUT2D eigenvalue weighted by atomic mass is 9.90. The van der Waals surface area contributed by atoms with E-state index in [1.807, 2.05) is 0 Å². The molecule has 34 heavy (non-hydrogen) atoms. The number of benzene rings is 3. The molecule has 0 bridgehead atoms. The molecule has 4 aromatic rings. The van der Waals surface area contributed by atoms with Crippen molar-refractivity contribution in [3.63, 3.8) is 0 Å². The number of nitrogens with zero attached hydrogens (tertiary/aromatic N) is 1. The molecule has 3 aromatic carbocycles. The van der Waals surface area contributed by atoms with Crippen molar-refractivity contribution >= 4 is 60.5 Å². The van der Waals surface area contributed by atoms with Gasteiger partial charge in [-0.15, -0.1) is 49.6 Å². The summed E-state index contributed by atoms with van der Waals surface area (Å²) in [6.07, 6.45) is 7.09. The molecule has 0 radical (unpaired) electrons. The third-order valence-electron chi connectivity index (χ3n) is 6.52. The van der Waals surface area contributed by atoms with E-state index in [2.05, 4.69) is 94.9 Å². The number of aromatic nitrogens is 1. The summed E-state index contributed by atoms with van der Waals surface area (Å²) in [5, 5.41) is 4.93. The van der Waals surface area contributed by atoms with E-state index in [1.54, 1.807) is 0 Å². The number of fused-ring (bicyclic) bond motifs is 1. The first-order valence-electron chi connectivity index (χ1n) is 11.3. The van der Waals surface area contributed by atoms with E-state index in [9.17, 15) is 0 Å². The number of para-hydroxylation sites is 1. The van der Waals surface area contributed by atoms with Crippen molar-refractivity contribution in [2.45, 2.75) is 38.1 Å². The average molecular weight is 540 g/mol. The monoisotopic (exact) mass is 538 g/mol. The van der Waals surface area contributed by atoms with Gasteiger partial charge in [-0.2, -0.15) is 0 Å². The summed E-state index contributed by atoms with van der Waals surface area (Å²) < 4.78 is 2.45. The third kappa shape index (κ3) is 7.16. The van der Waals surface area contributed by atoms with E-state index >= 15 is 0 Å². The lowest BCUT2D eigenvalue weighted by molar-refractivity contribution is 0.461. The van der Waals surface area contributed by atoms with Gasteiger partial charge in [-0.05, 0) is 73.0 Å². The highest BCUT2D eigenvalue weighted by atomic mass is 35.5. The molecular weight excluding hydrogens is 506 g/mol. The van der Waals surface area contributed by atoms with Gasteiger partial charge in [0.1, 0.15) is 0 Å². The fourth-order valence-corrected chi connectivity index (χ4v) is 4.81. The van der Waals surface area contributed by atoms with Crippen LogP contribution < -0.4 is 5.32 Å². The predicted octanol–water partition coefficient (Wildman–Crippen LogP) is 7.63. The van der Waals surface area contributed by atoms with Crippen LogP contribution in [0.15, 0.2) is 85.1 Å². The molecule has 0 atom stereocenters. The van der Waals surface area contributed by atoms with Crippen LogP contribution in [0.3, 0.4) is 0 Å². The Morgan fingerprint density at radius 1 is 0.647 bits per heavy atom. The SMILES string of the molecule is Cl.Cl.Cl.Cl.c1ccc(CCc2ccc(Cn3cc(C4CCNCC4)c4ccccc43)cc2)cc1. The molecule has 0 saturated carbocycles. The second-order valence-electron chi connectivity index (χ2n) is 8.56. The molecule has 0 amide bonds. The van der Waals surface area contributed by atoms with Crippen LogP contribution in [0.2, 0.25) is 0 Å². The van der Waals surface area contributed by atoms with Crippen LogP contribution >= 0.6 is 49.6 Å². The normalized spacial score (nSPS) is 13.2. The maximum Gasteiger partial charge on any atom is 0.0486 e. The topological polar surface area (TPSA) is 17.0 Å². The minimum absolute atomic E-state index is 0. The van der Waals surface area contributed by atoms with Crippen LogP contribution in [0.1, 0.15) is 41.0 Å². The number of piperidine rings is 1. The molecule has 2 nitrogen and oxygen atoms in total. The molecule has 1 N–H and O–H groups in total. The van der Waals surface area contributed by atoms with Gasteiger partial charge in [0.05, 0.1) is 0 Å². The smallest absolute Gasteiger partial charge is 0.0486 e. The van der Waals surface area contributed by atoms with Crippen LogP contribution in [0.25, 0.3) is 10.9 Å². The molecule has 5 rings (SSSR count). The first-order valence-corrected chi connectivity index (χ1v) is 11.3. The van der Waals surface area contributed by atoms with Gasteiger partial charge in [-0.3, -0.25) is 0 Å². The Morgan fingerprint density at radius 3 is 1.88 bits per heavy atom. The van der Waals surface area contributed by atoms with Crippen molar-refractivity contribution in [1.29, 1.82) is 0 Å². The Hall–Kier alpha value is -1.68. The van der Waals surface area contributed by atoms with Crippen molar-refractivity contribution in [3.05, 3.63) is 107 Å². The van der Waals surface area contributed by atoms with Crippen molar-refractivity contribution < 1.29 is 0 Å². The second-order valence-corrected chi connectivity index (χ2v) is 8.56. The minimum atomic E-state index is 0. The standard InChI is InChI=1S/C28H30N2.4ClH/c1-2-6-22(7-3-1)10-11-23-12-14-24(15-13-23)20-30-21-27(25-16-18-29-19-17-25)26-8-4-5-9-28(26)30;;;;/h1-9,12-15,21,25,29H,10-11,16-20H2;4*1H. The van der Waals surface area contributed by atoms with E-state index < -0.39 is 0 Å². The highest BCUT2D eigenvalue weighted by Crippen LogP contribution is 2.33. The van der Waals surface area contributed by atoms with E-state index in [-0.39, 0.29) is 49.6 Å². The molecule has 1 aromatic heterocycles. The van der Waals surface area contributed by atoms with Gasteiger partial charge in [0.15, 0.2) is 0 Å². The van der Waals surface area contributed by atoms with Crippen molar-refractivity contribution in [1.82, 2.24) is 9.88 Å².